The molecule has 2 aromatic carbocycles. The molecule has 0 aromatic heterocycles. The Morgan fingerprint density at radius 1 is 1.19 bits per heavy atom. The summed E-state index contributed by atoms with van der Waals surface area (Å²) in [5.74, 6) is -2.86. The van der Waals surface area contributed by atoms with Crippen molar-refractivity contribution in [1.82, 2.24) is 10.4 Å². The van der Waals surface area contributed by atoms with E-state index in [2.05, 4.69) is 26.7 Å². The molecule has 8 nitrogen and oxygen atoms in total. The third-order valence-corrected chi connectivity index (χ3v) is 5.35. The summed E-state index contributed by atoms with van der Waals surface area (Å²) in [4.78, 5) is 48.8. The molecule has 1 atom stereocenters. The fraction of sp³-hybridized carbons (Fsp3) is 0.238. The minimum absolute atomic E-state index is 0.0373. The number of nitrogens with zero attached hydrogens (tertiary/aromatic N) is 1. The van der Waals surface area contributed by atoms with Crippen LogP contribution in [0.2, 0.25) is 5.02 Å². The summed E-state index contributed by atoms with van der Waals surface area (Å²) >= 11 is 9.14. The molecule has 162 valence electrons. The van der Waals surface area contributed by atoms with Crippen LogP contribution in [0, 0.1) is 12.8 Å². The maximum atomic E-state index is 12.3. The van der Waals surface area contributed by atoms with Crippen molar-refractivity contribution in [3.05, 3.63) is 63.1 Å². The lowest BCUT2D eigenvalue weighted by atomic mass is 10.1. The minimum atomic E-state index is -0.778. The third-order valence-electron chi connectivity index (χ3n) is 4.61. The Hall–Kier alpha value is -2.91. The molecule has 0 spiro atoms. The van der Waals surface area contributed by atoms with Gasteiger partial charge >= 0.3 is 5.97 Å². The third kappa shape index (κ3) is 6.05. The van der Waals surface area contributed by atoms with Crippen molar-refractivity contribution in [2.45, 2.75) is 13.3 Å². The van der Waals surface area contributed by atoms with Crippen molar-refractivity contribution < 1.29 is 23.9 Å². The SMILES string of the molecule is Cc1cc(Br)ccc1NC(=O)COC(=O)[C@H]1CC(=O)N(NC(=O)c2ccc(Cl)cc2)C1. The summed E-state index contributed by atoms with van der Waals surface area (Å²) in [5, 5.41) is 4.23. The second-order valence-corrected chi connectivity index (χ2v) is 8.32. The highest BCUT2D eigenvalue weighted by molar-refractivity contribution is 9.10. The van der Waals surface area contributed by atoms with Crippen LogP contribution in [0.25, 0.3) is 0 Å². The molecule has 2 N–H and O–H groups in total. The minimum Gasteiger partial charge on any atom is -0.455 e. The molecule has 0 saturated carbocycles. The van der Waals surface area contributed by atoms with Gasteiger partial charge in [-0.05, 0) is 55.0 Å². The number of ether oxygens (including phenoxy) is 1. The molecule has 1 heterocycles. The number of hydrogen-bond donors (Lipinski definition) is 2. The Kier molecular flexibility index (Phi) is 7.29. The zero-order valence-corrected chi connectivity index (χ0v) is 18.8. The van der Waals surface area contributed by atoms with Gasteiger partial charge in [-0.25, -0.2) is 0 Å². The van der Waals surface area contributed by atoms with Gasteiger partial charge < -0.3 is 10.1 Å². The lowest BCUT2D eigenvalue weighted by Gasteiger charge is -2.17. The second-order valence-electron chi connectivity index (χ2n) is 6.97. The zero-order chi connectivity index (χ0) is 22.5. The van der Waals surface area contributed by atoms with Crippen molar-refractivity contribution in [2.75, 3.05) is 18.5 Å². The van der Waals surface area contributed by atoms with Crippen LogP contribution in [0.3, 0.4) is 0 Å². The van der Waals surface area contributed by atoms with E-state index in [-0.39, 0.29) is 13.0 Å². The van der Waals surface area contributed by atoms with E-state index in [4.69, 9.17) is 16.3 Å². The summed E-state index contributed by atoms with van der Waals surface area (Å²) in [6.45, 7) is 1.32. The maximum Gasteiger partial charge on any atom is 0.311 e. The Morgan fingerprint density at radius 2 is 1.90 bits per heavy atom. The molecule has 10 heteroatoms. The lowest BCUT2D eigenvalue weighted by molar-refractivity contribution is -0.151. The van der Waals surface area contributed by atoms with Crippen molar-refractivity contribution in [3.8, 4) is 0 Å². The van der Waals surface area contributed by atoms with E-state index < -0.39 is 36.2 Å². The first kappa shape index (κ1) is 22.8. The van der Waals surface area contributed by atoms with Crippen LogP contribution in [0.15, 0.2) is 46.9 Å². The van der Waals surface area contributed by atoms with Gasteiger partial charge in [0.1, 0.15) is 0 Å². The van der Waals surface area contributed by atoms with Crippen LogP contribution in [0.1, 0.15) is 22.3 Å². The largest absolute Gasteiger partial charge is 0.455 e. The molecular weight excluding hydrogens is 490 g/mol. The van der Waals surface area contributed by atoms with Gasteiger partial charge in [0.25, 0.3) is 11.8 Å². The number of nitrogens with one attached hydrogen (secondary N) is 2. The molecule has 31 heavy (non-hydrogen) atoms. The fourth-order valence-electron chi connectivity index (χ4n) is 2.97. The summed E-state index contributed by atoms with van der Waals surface area (Å²) < 4.78 is 5.94. The van der Waals surface area contributed by atoms with Gasteiger partial charge in [0.05, 0.1) is 12.5 Å². The fourth-order valence-corrected chi connectivity index (χ4v) is 3.57. The van der Waals surface area contributed by atoms with E-state index in [0.717, 1.165) is 15.0 Å². The monoisotopic (exact) mass is 507 g/mol. The van der Waals surface area contributed by atoms with Gasteiger partial charge in [-0.1, -0.05) is 27.5 Å². The van der Waals surface area contributed by atoms with Gasteiger partial charge in [0, 0.05) is 27.2 Å². The van der Waals surface area contributed by atoms with Gasteiger partial charge in [-0.15, -0.1) is 0 Å². The molecule has 0 unspecified atom stereocenters. The van der Waals surface area contributed by atoms with Gasteiger partial charge in [-0.3, -0.25) is 29.6 Å². The Bertz CT molecular complexity index is 1030. The molecular formula is C21H19BrClN3O5. The first-order chi connectivity index (χ1) is 14.7. The Labute approximate surface area is 192 Å². The molecule has 1 fully saturated rings. The lowest BCUT2D eigenvalue weighted by Crippen LogP contribution is -2.43. The number of anilines is 1. The number of carbonyl (C=O) groups excluding carboxylic acids is 4. The van der Waals surface area contributed by atoms with Crippen LogP contribution in [-0.2, 0) is 19.1 Å². The van der Waals surface area contributed by atoms with Crippen molar-refractivity contribution in [2.24, 2.45) is 5.92 Å². The van der Waals surface area contributed by atoms with Gasteiger partial charge in [-0.2, -0.15) is 0 Å². The van der Waals surface area contributed by atoms with Crippen LogP contribution in [0.4, 0.5) is 5.69 Å². The Morgan fingerprint density at radius 3 is 2.58 bits per heavy atom. The van der Waals surface area contributed by atoms with E-state index in [1.54, 1.807) is 24.3 Å². The molecule has 3 rings (SSSR count). The van der Waals surface area contributed by atoms with E-state index in [9.17, 15) is 19.2 Å². The predicted octanol–water partition coefficient (Wildman–Crippen LogP) is 3.09. The summed E-state index contributed by atoms with van der Waals surface area (Å²) in [6, 6.07) is 11.5. The number of esters is 1. The summed E-state index contributed by atoms with van der Waals surface area (Å²) in [5.41, 5.74) is 4.25. The maximum absolute atomic E-state index is 12.3. The van der Waals surface area contributed by atoms with E-state index in [1.807, 2.05) is 13.0 Å². The summed E-state index contributed by atoms with van der Waals surface area (Å²) in [7, 11) is 0. The van der Waals surface area contributed by atoms with E-state index in [1.165, 1.54) is 12.1 Å². The first-order valence-electron chi connectivity index (χ1n) is 9.32. The van der Waals surface area contributed by atoms with Crippen LogP contribution < -0.4 is 10.7 Å². The average Bonchev–Trinajstić information content (AvgIpc) is 3.09. The van der Waals surface area contributed by atoms with Crippen LogP contribution in [-0.4, -0.2) is 41.9 Å². The number of carbonyl (C=O) groups is 4. The van der Waals surface area contributed by atoms with Crippen molar-refractivity contribution in [3.63, 3.8) is 0 Å². The zero-order valence-electron chi connectivity index (χ0n) is 16.5. The smallest absolute Gasteiger partial charge is 0.311 e. The quantitative estimate of drug-likeness (QED) is 0.584. The molecule has 1 aliphatic rings. The summed E-state index contributed by atoms with van der Waals surface area (Å²) in [6.07, 6.45) is -0.118. The highest BCUT2D eigenvalue weighted by atomic mass is 79.9. The van der Waals surface area contributed by atoms with Crippen LogP contribution >= 0.6 is 27.5 Å². The van der Waals surface area contributed by atoms with Gasteiger partial charge in [0.2, 0.25) is 5.91 Å². The molecule has 1 aliphatic heterocycles. The number of aryl methyl sites for hydroxylation is 1. The molecule has 0 bridgehead atoms. The number of rotatable bonds is 6. The number of amides is 3. The predicted molar refractivity (Wildman–Crippen MR) is 117 cm³/mol. The molecule has 0 radical (unpaired) electrons. The van der Waals surface area contributed by atoms with E-state index >= 15 is 0 Å². The second kappa shape index (κ2) is 9.93. The highest BCUT2D eigenvalue weighted by Gasteiger charge is 2.36. The molecule has 1 saturated heterocycles. The van der Waals surface area contributed by atoms with E-state index in [0.29, 0.717) is 16.3 Å². The number of hydrazine groups is 1. The molecule has 2 aromatic rings. The normalized spacial score (nSPS) is 15.5. The standard InChI is InChI=1S/C21H19BrClN3O5/c1-12-8-15(22)4-7-17(12)24-18(27)11-31-21(30)14-9-19(28)26(10-14)25-20(29)13-2-5-16(23)6-3-13/h2-8,14H,9-11H2,1H3,(H,24,27)(H,25,29)/t14-/m0/s1. The number of benzene rings is 2. The number of hydrogen-bond acceptors (Lipinski definition) is 5. The van der Waals surface area contributed by atoms with Crippen molar-refractivity contribution >= 4 is 56.9 Å². The van der Waals surface area contributed by atoms with Gasteiger partial charge in [0.15, 0.2) is 6.61 Å². The Balaban J connectivity index is 1.48. The van der Waals surface area contributed by atoms with Crippen molar-refractivity contribution in [1.29, 1.82) is 0 Å². The molecule has 0 aliphatic carbocycles. The topological polar surface area (TPSA) is 105 Å². The first-order valence-corrected chi connectivity index (χ1v) is 10.5. The van der Waals surface area contributed by atoms with Crippen LogP contribution in [0.5, 0.6) is 0 Å². The number of halogens is 2. The average molecular weight is 509 g/mol. The molecule has 3 amide bonds. The highest BCUT2D eigenvalue weighted by Crippen LogP contribution is 2.21.